The fourth-order valence-electron chi connectivity index (χ4n) is 0.523. The van der Waals surface area contributed by atoms with Gasteiger partial charge in [-0.25, -0.2) is 0 Å². The van der Waals surface area contributed by atoms with Crippen molar-refractivity contribution >= 4 is 11.1 Å². The first-order chi connectivity index (χ1) is 5.04. The molecule has 0 spiro atoms. The van der Waals surface area contributed by atoms with Crippen LogP contribution in [0.3, 0.4) is 0 Å². The van der Waals surface area contributed by atoms with E-state index >= 15 is 0 Å². The van der Waals surface area contributed by atoms with E-state index in [4.69, 9.17) is 0 Å². The molecule has 0 saturated heterocycles. The van der Waals surface area contributed by atoms with Gasteiger partial charge in [0.05, 0.1) is 0 Å². The van der Waals surface area contributed by atoms with E-state index in [1.54, 1.807) is 0 Å². The molecule has 0 heterocycles. The molecule has 0 radical (unpaired) electrons. The monoisotopic (exact) mass is 183 g/mol. The third-order valence-corrected chi connectivity index (χ3v) is 2.09. The quantitative estimate of drug-likeness (QED) is 0.623. The Balaban J connectivity index is 3.55. The van der Waals surface area contributed by atoms with E-state index in [1.807, 2.05) is 0 Å². The summed E-state index contributed by atoms with van der Waals surface area (Å²) in [6, 6.07) is 0. The van der Waals surface area contributed by atoms with Gasteiger partial charge in [0, 0.05) is 5.25 Å². The van der Waals surface area contributed by atoms with E-state index in [2.05, 4.69) is 0 Å². The molecule has 0 aromatic rings. The second-order valence-electron chi connectivity index (χ2n) is 2.14. The second-order valence-corrected chi connectivity index (χ2v) is 3.47. The van der Waals surface area contributed by atoms with E-state index < -0.39 is 22.4 Å². The first kappa shape index (κ1) is 10.7. The molecule has 2 atom stereocenters. The SMILES string of the molecule is CC(CCC=C(F)F)S(=O)[O-]. The molecule has 0 aromatic heterocycles. The Bertz CT molecular complexity index is 166. The molecule has 0 amide bonds. The Morgan fingerprint density at radius 1 is 1.73 bits per heavy atom. The van der Waals surface area contributed by atoms with Gasteiger partial charge in [0.1, 0.15) is 0 Å². The van der Waals surface area contributed by atoms with Gasteiger partial charge < -0.3 is 4.55 Å². The molecule has 0 bridgehead atoms. The highest BCUT2D eigenvalue weighted by Gasteiger charge is 2.00. The van der Waals surface area contributed by atoms with Gasteiger partial charge in [-0.1, -0.05) is 18.0 Å². The maximum atomic E-state index is 11.4. The largest absolute Gasteiger partial charge is 0.772 e. The van der Waals surface area contributed by atoms with Crippen LogP contribution >= 0.6 is 0 Å². The molecule has 66 valence electrons. The fourth-order valence-corrected chi connectivity index (χ4v) is 0.852. The van der Waals surface area contributed by atoms with Gasteiger partial charge in [-0.15, -0.1) is 0 Å². The molecule has 11 heavy (non-hydrogen) atoms. The van der Waals surface area contributed by atoms with Gasteiger partial charge in [-0.3, -0.25) is 4.21 Å². The van der Waals surface area contributed by atoms with E-state index in [0.29, 0.717) is 0 Å². The van der Waals surface area contributed by atoms with Crippen LogP contribution < -0.4 is 0 Å². The summed E-state index contributed by atoms with van der Waals surface area (Å²) in [6.07, 6.45) is -0.678. The Morgan fingerprint density at radius 3 is 2.64 bits per heavy atom. The Kier molecular flexibility index (Phi) is 5.23. The predicted octanol–water partition coefficient (Wildman–Crippen LogP) is 1.81. The van der Waals surface area contributed by atoms with E-state index in [-0.39, 0.29) is 12.8 Å². The summed E-state index contributed by atoms with van der Waals surface area (Å²) in [4.78, 5) is 0. The third-order valence-electron chi connectivity index (χ3n) is 1.20. The van der Waals surface area contributed by atoms with Crippen LogP contribution in [0.5, 0.6) is 0 Å². The molecular weight excluding hydrogens is 174 g/mol. The van der Waals surface area contributed by atoms with Gasteiger partial charge in [0.2, 0.25) is 0 Å². The molecule has 0 rings (SSSR count). The Morgan fingerprint density at radius 2 is 2.27 bits per heavy atom. The fraction of sp³-hybridized carbons (Fsp3) is 0.667. The standard InChI is InChI=1S/C6H10F2O2S/c1-5(11(9)10)3-2-4-6(7)8/h4-5H,2-3H2,1H3,(H,9,10)/p-1. The topological polar surface area (TPSA) is 40.1 Å². The molecule has 2 unspecified atom stereocenters. The van der Waals surface area contributed by atoms with Gasteiger partial charge in [-0.05, 0) is 18.9 Å². The van der Waals surface area contributed by atoms with E-state index in [0.717, 1.165) is 6.08 Å². The summed E-state index contributed by atoms with van der Waals surface area (Å²) >= 11 is -2.15. The van der Waals surface area contributed by atoms with Gasteiger partial charge in [0.15, 0.2) is 0 Å². The maximum Gasteiger partial charge on any atom is 0.266 e. The highest BCUT2D eigenvalue weighted by Crippen LogP contribution is 2.06. The first-order valence-electron chi connectivity index (χ1n) is 3.13. The molecule has 0 aliphatic heterocycles. The van der Waals surface area contributed by atoms with E-state index in [1.165, 1.54) is 6.92 Å². The highest BCUT2D eigenvalue weighted by atomic mass is 32.2. The molecule has 0 aliphatic carbocycles. The number of hydrogen-bond acceptors (Lipinski definition) is 2. The van der Waals surface area contributed by atoms with Crippen molar-refractivity contribution in [2.24, 2.45) is 0 Å². The number of rotatable bonds is 4. The summed E-state index contributed by atoms with van der Waals surface area (Å²) in [5, 5.41) is -0.550. The van der Waals surface area contributed by atoms with Gasteiger partial charge in [-0.2, -0.15) is 8.78 Å². The molecule has 2 nitrogen and oxygen atoms in total. The van der Waals surface area contributed by atoms with Crippen LogP contribution in [0.25, 0.3) is 0 Å². The van der Waals surface area contributed by atoms with E-state index in [9.17, 15) is 17.5 Å². The second kappa shape index (κ2) is 5.37. The number of allylic oxidation sites excluding steroid dienone is 1. The molecule has 0 N–H and O–H groups in total. The summed E-state index contributed by atoms with van der Waals surface area (Å²) in [5.41, 5.74) is 0. The zero-order valence-electron chi connectivity index (χ0n) is 6.05. The lowest BCUT2D eigenvalue weighted by molar-refractivity contribution is 0.416. The van der Waals surface area contributed by atoms with Crippen molar-refractivity contribution in [3.05, 3.63) is 12.2 Å². The maximum absolute atomic E-state index is 11.4. The van der Waals surface area contributed by atoms with Crippen LogP contribution in [-0.2, 0) is 11.1 Å². The summed E-state index contributed by atoms with van der Waals surface area (Å²) < 4.78 is 43.1. The zero-order chi connectivity index (χ0) is 8.85. The lowest BCUT2D eigenvalue weighted by atomic mass is 10.2. The summed E-state index contributed by atoms with van der Waals surface area (Å²) in [6.45, 7) is 1.48. The molecule has 0 fully saturated rings. The van der Waals surface area contributed by atoms with Crippen molar-refractivity contribution in [2.75, 3.05) is 0 Å². The number of halogens is 2. The van der Waals surface area contributed by atoms with Crippen molar-refractivity contribution in [3.63, 3.8) is 0 Å². The van der Waals surface area contributed by atoms with Crippen molar-refractivity contribution in [2.45, 2.75) is 25.0 Å². The average molecular weight is 183 g/mol. The summed E-state index contributed by atoms with van der Waals surface area (Å²) in [7, 11) is 0. The normalized spacial score (nSPS) is 15.6. The molecule has 0 aromatic carbocycles. The highest BCUT2D eigenvalue weighted by molar-refractivity contribution is 7.79. The lowest BCUT2D eigenvalue weighted by Gasteiger charge is -2.12. The van der Waals surface area contributed by atoms with Crippen molar-refractivity contribution in [3.8, 4) is 0 Å². The van der Waals surface area contributed by atoms with Crippen LogP contribution in [0.1, 0.15) is 19.8 Å². The number of hydrogen-bond donors (Lipinski definition) is 0. The van der Waals surface area contributed by atoms with Crippen LogP contribution in [0.4, 0.5) is 8.78 Å². The molecule has 0 saturated carbocycles. The van der Waals surface area contributed by atoms with Gasteiger partial charge >= 0.3 is 0 Å². The van der Waals surface area contributed by atoms with Crippen LogP contribution in [-0.4, -0.2) is 14.0 Å². The lowest BCUT2D eigenvalue weighted by Crippen LogP contribution is -2.08. The average Bonchev–Trinajstić information content (AvgIpc) is 1.86. The minimum Gasteiger partial charge on any atom is -0.772 e. The van der Waals surface area contributed by atoms with Crippen LogP contribution in [0.15, 0.2) is 12.2 Å². The first-order valence-corrected chi connectivity index (χ1v) is 4.27. The van der Waals surface area contributed by atoms with Crippen LogP contribution in [0, 0.1) is 0 Å². The Labute approximate surface area is 66.6 Å². The molecule has 0 aliphatic rings. The zero-order valence-corrected chi connectivity index (χ0v) is 6.87. The molecule has 5 heteroatoms. The minimum atomic E-state index is -2.15. The predicted molar refractivity (Wildman–Crippen MR) is 37.9 cm³/mol. The smallest absolute Gasteiger partial charge is 0.266 e. The minimum absolute atomic E-state index is 0.109. The third kappa shape index (κ3) is 6.12. The summed E-state index contributed by atoms with van der Waals surface area (Å²) in [5.74, 6) is 0. The Hall–Kier alpha value is -0.290. The molecular formula is C6H9F2O2S-. The van der Waals surface area contributed by atoms with Crippen molar-refractivity contribution < 1.29 is 17.5 Å². The van der Waals surface area contributed by atoms with Crippen molar-refractivity contribution in [1.29, 1.82) is 0 Å². The van der Waals surface area contributed by atoms with Gasteiger partial charge in [0.25, 0.3) is 6.08 Å². The van der Waals surface area contributed by atoms with Crippen LogP contribution in [0.2, 0.25) is 0 Å². The van der Waals surface area contributed by atoms with Crippen molar-refractivity contribution in [1.82, 2.24) is 0 Å².